The highest BCUT2D eigenvalue weighted by Gasteiger charge is 2.67. The lowest BCUT2D eigenvalue weighted by atomic mass is 10.1. The SMILES string of the molecule is Cc1ccc(C)c(S(F)(F)(F)(F)F)c1F. The Bertz CT molecular complexity index is 418. The number of hydrogen-bond donors (Lipinski definition) is 0. The van der Waals surface area contributed by atoms with Crippen molar-refractivity contribution in [1.29, 1.82) is 0 Å². The molecule has 0 saturated heterocycles. The maximum atomic E-state index is 13.1. The Kier molecular flexibility index (Phi) is 2.00. The smallest absolute Gasteiger partial charge is 0.205 e. The molecule has 0 unspecified atom stereocenters. The van der Waals surface area contributed by atoms with E-state index in [1.165, 1.54) is 0 Å². The normalized spacial score (nSPS) is 17.1. The minimum absolute atomic E-state index is 0.455. The second-order valence-corrected chi connectivity index (χ2v) is 5.66. The van der Waals surface area contributed by atoms with E-state index in [4.69, 9.17) is 0 Å². The molecule has 0 aliphatic rings. The van der Waals surface area contributed by atoms with Crippen molar-refractivity contribution in [2.24, 2.45) is 0 Å². The van der Waals surface area contributed by atoms with Crippen molar-refractivity contribution >= 4 is 10.2 Å². The van der Waals surface area contributed by atoms with Crippen molar-refractivity contribution in [2.45, 2.75) is 18.7 Å². The first-order chi connectivity index (χ1) is 6.33. The van der Waals surface area contributed by atoms with Crippen LogP contribution in [0.5, 0.6) is 0 Å². The predicted molar refractivity (Wildman–Crippen MR) is 47.3 cm³/mol. The maximum absolute atomic E-state index is 13.1. The van der Waals surface area contributed by atoms with Crippen LogP contribution in [0.3, 0.4) is 0 Å². The van der Waals surface area contributed by atoms with Crippen molar-refractivity contribution in [3.63, 3.8) is 0 Å². The molecule has 0 saturated carbocycles. The Balaban J connectivity index is 3.75. The zero-order valence-electron chi connectivity index (χ0n) is 7.83. The van der Waals surface area contributed by atoms with Gasteiger partial charge in [-0.25, -0.2) is 4.39 Å². The first-order valence-corrected chi connectivity index (χ1v) is 5.78. The van der Waals surface area contributed by atoms with Gasteiger partial charge in [-0.1, -0.05) is 31.6 Å². The van der Waals surface area contributed by atoms with Gasteiger partial charge in [0.15, 0.2) is 0 Å². The van der Waals surface area contributed by atoms with E-state index in [1.54, 1.807) is 0 Å². The molecule has 1 aromatic rings. The highest BCUT2D eigenvalue weighted by molar-refractivity contribution is 8.45. The molecule has 0 heterocycles. The highest BCUT2D eigenvalue weighted by atomic mass is 32.5. The van der Waals surface area contributed by atoms with E-state index in [0.717, 1.165) is 26.0 Å². The summed E-state index contributed by atoms with van der Waals surface area (Å²) in [5.74, 6) is -1.89. The maximum Gasteiger partial charge on any atom is 0.313 e. The molecule has 0 aromatic heterocycles. The molecule has 0 aliphatic carbocycles. The first-order valence-electron chi connectivity index (χ1n) is 3.83. The summed E-state index contributed by atoms with van der Waals surface area (Å²) in [6.45, 7) is 1.80. The van der Waals surface area contributed by atoms with Gasteiger partial charge < -0.3 is 0 Å². The monoisotopic (exact) mass is 250 g/mol. The van der Waals surface area contributed by atoms with Crippen LogP contribution in [0, 0.1) is 19.7 Å². The van der Waals surface area contributed by atoms with Crippen LogP contribution in [0.2, 0.25) is 0 Å². The van der Waals surface area contributed by atoms with Gasteiger partial charge in [0.05, 0.1) is 0 Å². The first kappa shape index (κ1) is 12.2. The predicted octanol–water partition coefficient (Wildman–Crippen LogP) is 5.10. The van der Waals surface area contributed by atoms with Gasteiger partial charge in [0.2, 0.25) is 0 Å². The summed E-state index contributed by atoms with van der Waals surface area (Å²) in [7, 11) is -9.94. The van der Waals surface area contributed by atoms with Crippen LogP contribution in [-0.4, -0.2) is 0 Å². The molecular formula is C8H8F6S. The number of hydrogen-bond acceptors (Lipinski definition) is 0. The molecule has 0 atom stereocenters. The van der Waals surface area contributed by atoms with Crippen molar-refractivity contribution in [3.8, 4) is 0 Å². The van der Waals surface area contributed by atoms with E-state index in [-0.39, 0.29) is 0 Å². The number of benzene rings is 1. The summed E-state index contributed by atoms with van der Waals surface area (Å²) in [4.78, 5) is -2.41. The molecule has 0 fully saturated rings. The van der Waals surface area contributed by atoms with E-state index in [0.29, 0.717) is 0 Å². The lowest BCUT2D eigenvalue weighted by Gasteiger charge is -2.41. The Morgan fingerprint density at radius 3 is 1.60 bits per heavy atom. The third-order valence-electron chi connectivity index (χ3n) is 1.87. The van der Waals surface area contributed by atoms with Gasteiger partial charge in [-0.2, -0.15) is 0 Å². The van der Waals surface area contributed by atoms with Crippen molar-refractivity contribution in [1.82, 2.24) is 0 Å². The second kappa shape index (κ2) is 2.45. The van der Waals surface area contributed by atoms with E-state index in [1.807, 2.05) is 0 Å². The molecule has 0 N–H and O–H groups in total. The molecule has 0 aliphatic heterocycles. The van der Waals surface area contributed by atoms with Crippen molar-refractivity contribution in [2.75, 3.05) is 0 Å². The zero-order chi connectivity index (χ0) is 12.1. The number of halogens is 6. The summed E-state index contributed by atoms with van der Waals surface area (Å²) in [6.07, 6.45) is 0. The van der Waals surface area contributed by atoms with Gasteiger partial charge in [-0.15, -0.1) is 0 Å². The molecule has 7 heteroatoms. The molecule has 15 heavy (non-hydrogen) atoms. The van der Waals surface area contributed by atoms with Gasteiger partial charge in [0.25, 0.3) is 0 Å². The van der Waals surface area contributed by atoms with Gasteiger partial charge in [0.1, 0.15) is 10.7 Å². The van der Waals surface area contributed by atoms with Crippen LogP contribution in [0.4, 0.5) is 23.8 Å². The summed E-state index contributed by atoms with van der Waals surface area (Å²) < 4.78 is 75.1. The zero-order valence-corrected chi connectivity index (χ0v) is 8.65. The topological polar surface area (TPSA) is 0 Å². The van der Waals surface area contributed by atoms with E-state index >= 15 is 0 Å². The van der Waals surface area contributed by atoms with Crippen LogP contribution < -0.4 is 0 Å². The summed E-state index contributed by atoms with van der Waals surface area (Å²) in [5.41, 5.74) is -1.26. The van der Waals surface area contributed by atoms with Gasteiger partial charge >= 0.3 is 10.2 Å². The standard InChI is InChI=1S/C8H8F6S/c1-5-3-4-6(2)8(7(5)9)15(10,11,12,13)14/h3-4H,1-2H3. The van der Waals surface area contributed by atoms with Crippen molar-refractivity contribution in [3.05, 3.63) is 29.1 Å². The molecule has 0 bridgehead atoms. The number of aryl methyl sites for hydroxylation is 2. The fraction of sp³-hybridized carbons (Fsp3) is 0.250. The summed E-state index contributed by atoms with van der Waals surface area (Å²) >= 11 is 0. The Morgan fingerprint density at radius 2 is 1.27 bits per heavy atom. The van der Waals surface area contributed by atoms with Gasteiger partial charge in [0, 0.05) is 0 Å². The van der Waals surface area contributed by atoms with E-state index in [2.05, 4.69) is 0 Å². The number of rotatable bonds is 1. The van der Waals surface area contributed by atoms with Crippen LogP contribution in [0.25, 0.3) is 0 Å². The molecule has 0 radical (unpaired) electrons. The van der Waals surface area contributed by atoms with Gasteiger partial charge in [-0.05, 0) is 25.0 Å². The average molecular weight is 250 g/mol. The fourth-order valence-corrected chi connectivity index (χ4v) is 2.40. The fourth-order valence-electron chi connectivity index (χ4n) is 1.22. The molecule has 1 aromatic carbocycles. The largest absolute Gasteiger partial charge is 0.313 e. The molecular weight excluding hydrogens is 242 g/mol. The average Bonchev–Trinajstić information content (AvgIpc) is 1.91. The van der Waals surface area contributed by atoms with Crippen LogP contribution in [0.1, 0.15) is 11.1 Å². The molecule has 0 amide bonds. The van der Waals surface area contributed by atoms with Crippen LogP contribution in [0.15, 0.2) is 17.0 Å². The lowest BCUT2D eigenvalue weighted by Crippen LogP contribution is -2.11. The van der Waals surface area contributed by atoms with Crippen LogP contribution in [-0.2, 0) is 0 Å². The molecule has 88 valence electrons. The molecule has 1 rings (SSSR count). The molecule has 0 spiro atoms. The highest BCUT2D eigenvalue weighted by Crippen LogP contribution is 3.02. The Hall–Kier alpha value is -0.850. The Labute approximate surface area is 82.6 Å². The van der Waals surface area contributed by atoms with E-state index < -0.39 is 32.1 Å². The van der Waals surface area contributed by atoms with Crippen molar-refractivity contribution < 1.29 is 23.8 Å². The quantitative estimate of drug-likeness (QED) is 0.608. The third-order valence-corrected chi connectivity index (χ3v) is 3.15. The Morgan fingerprint density at radius 1 is 0.867 bits per heavy atom. The minimum Gasteiger partial charge on any atom is -0.205 e. The van der Waals surface area contributed by atoms with Gasteiger partial charge in [-0.3, -0.25) is 0 Å². The lowest BCUT2D eigenvalue weighted by molar-refractivity contribution is 0.354. The minimum atomic E-state index is -9.94. The summed E-state index contributed by atoms with van der Waals surface area (Å²) in [5, 5.41) is 0. The summed E-state index contributed by atoms with van der Waals surface area (Å²) in [6, 6.07) is 1.85. The van der Waals surface area contributed by atoms with E-state index in [9.17, 15) is 23.8 Å². The van der Waals surface area contributed by atoms with Crippen LogP contribution >= 0.6 is 10.2 Å². The second-order valence-electron chi connectivity index (χ2n) is 3.31. The molecule has 0 nitrogen and oxygen atoms in total. The third kappa shape index (κ3) is 2.39.